The Morgan fingerprint density at radius 1 is 1.19 bits per heavy atom. The number of hydrogen-bond acceptors (Lipinski definition) is 3. The highest BCUT2D eigenvalue weighted by Crippen LogP contribution is 2.10. The lowest BCUT2D eigenvalue weighted by molar-refractivity contribution is 0.0947. The van der Waals surface area contributed by atoms with Gasteiger partial charge >= 0.3 is 7.12 Å². The summed E-state index contributed by atoms with van der Waals surface area (Å²) in [4.78, 5) is 11.9. The largest absolute Gasteiger partial charge is 0.488 e. The molecule has 108 valence electrons. The van der Waals surface area contributed by atoms with Gasteiger partial charge in [0.05, 0.1) is 5.56 Å². The number of amides is 1. The number of carbonyl (C=O) groups is 1. The Morgan fingerprint density at radius 2 is 1.86 bits per heavy atom. The molecule has 0 saturated heterocycles. The number of carbonyl (C=O) groups excluding carboxylic acids is 1. The maximum atomic E-state index is 13.7. The molecule has 0 atom stereocenters. The SMILES string of the molecule is Cc1ccc(C(=O)NCc2ccc(B(O)O)cc2)c(F)c1. The number of rotatable bonds is 4. The van der Waals surface area contributed by atoms with Crippen molar-refractivity contribution in [3.8, 4) is 0 Å². The summed E-state index contributed by atoms with van der Waals surface area (Å²) in [5.74, 6) is -1.04. The van der Waals surface area contributed by atoms with Crippen molar-refractivity contribution in [1.29, 1.82) is 0 Å². The number of hydrogen-bond donors (Lipinski definition) is 3. The van der Waals surface area contributed by atoms with E-state index in [4.69, 9.17) is 10.0 Å². The van der Waals surface area contributed by atoms with E-state index < -0.39 is 18.8 Å². The topological polar surface area (TPSA) is 69.6 Å². The molecule has 0 unspecified atom stereocenters. The van der Waals surface area contributed by atoms with E-state index in [1.54, 1.807) is 37.3 Å². The van der Waals surface area contributed by atoms with E-state index in [1.165, 1.54) is 12.1 Å². The van der Waals surface area contributed by atoms with Gasteiger partial charge in [-0.05, 0) is 35.6 Å². The highest BCUT2D eigenvalue weighted by atomic mass is 19.1. The Balaban J connectivity index is 2.00. The van der Waals surface area contributed by atoms with Crippen molar-refractivity contribution in [2.75, 3.05) is 0 Å². The summed E-state index contributed by atoms with van der Waals surface area (Å²) in [6, 6.07) is 10.9. The molecule has 2 aromatic rings. The lowest BCUT2D eigenvalue weighted by Crippen LogP contribution is -2.30. The van der Waals surface area contributed by atoms with Gasteiger partial charge in [-0.1, -0.05) is 30.3 Å². The van der Waals surface area contributed by atoms with Gasteiger partial charge in [-0.2, -0.15) is 0 Å². The van der Waals surface area contributed by atoms with Crippen LogP contribution in [-0.2, 0) is 6.54 Å². The van der Waals surface area contributed by atoms with Crippen molar-refractivity contribution in [1.82, 2.24) is 5.32 Å². The van der Waals surface area contributed by atoms with Gasteiger partial charge in [0.2, 0.25) is 0 Å². The second-order valence-electron chi connectivity index (χ2n) is 4.78. The van der Waals surface area contributed by atoms with Gasteiger partial charge in [0.1, 0.15) is 5.82 Å². The Bertz CT molecular complexity index is 644. The number of benzene rings is 2. The van der Waals surface area contributed by atoms with E-state index in [1.807, 2.05) is 0 Å². The second-order valence-corrected chi connectivity index (χ2v) is 4.78. The lowest BCUT2D eigenvalue weighted by Gasteiger charge is -2.07. The third kappa shape index (κ3) is 3.90. The van der Waals surface area contributed by atoms with Crippen molar-refractivity contribution < 1.29 is 19.2 Å². The number of aryl methyl sites for hydroxylation is 1. The molecule has 2 rings (SSSR count). The molecule has 1 amide bonds. The van der Waals surface area contributed by atoms with Gasteiger partial charge in [0.25, 0.3) is 5.91 Å². The molecular formula is C15H15BFNO3. The summed E-state index contributed by atoms with van der Waals surface area (Å²) in [7, 11) is -1.52. The van der Waals surface area contributed by atoms with Crippen LogP contribution in [0.2, 0.25) is 0 Å². The minimum absolute atomic E-state index is 0.00278. The van der Waals surface area contributed by atoms with Gasteiger partial charge in [-0.25, -0.2) is 4.39 Å². The lowest BCUT2D eigenvalue weighted by atomic mass is 9.80. The normalized spacial score (nSPS) is 10.3. The van der Waals surface area contributed by atoms with Crippen molar-refractivity contribution >= 4 is 18.5 Å². The van der Waals surface area contributed by atoms with Crippen LogP contribution in [0.25, 0.3) is 0 Å². The minimum atomic E-state index is -1.52. The molecule has 4 nitrogen and oxygen atoms in total. The first-order valence-electron chi connectivity index (χ1n) is 6.46. The molecule has 0 fully saturated rings. The average Bonchev–Trinajstić information content (AvgIpc) is 2.45. The highest BCUT2D eigenvalue weighted by molar-refractivity contribution is 6.58. The standard InChI is InChI=1S/C15H15BFNO3/c1-10-2-7-13(14(17)8-10)15(19)18-9-11-3-5-12(6-4-11)16(20)21/h2-8,20-21H,9H2,1H3,(H,18,19). The third-order valence-electron chi connectivity index (χ3n) is 3.10. The van der Waals surface area contributed by atoms with Gasteiger partial charge < -0.3 is 15.4 Å². The van der Waals surface area contributed by atoms with E-state index in [0.717, 1.165) is 11.1 Å². The van der Waals surface area contributed by atoms with Crippen LogP contribution in [0.3, 0.4) is 0 Å². The first kappa shape index (κ1) is 15.2. The molecule has 6 heteroatoms. The fraction of sp³-hybridized carbons (Fsp3) is 0.133. The zero-order valence-electron chi connectivity index (χ0n) is 11.5. The summed E-state index contributed by atoms with van der Waals surface area (Å²) in [5, 5.41) is 20.6. The third-order valence-corrected chi connectivity index (χ3v) is 3.10. The van der Waals surface area contributed by atoms with Crippen LogP contribution in [0.1, 0.15) is 21.5 Å². The summed E-state index contributed by atoms with van der Waals surface area (Å²) in [6.07, 6.45) is 0. The molecule has 0 saturated carbocycles. The Hall–Kier alpha value is -2.18. The van der Waals surface area contributed by atoms with Gasteiger partial charge in [0.15, 0.2) is 0 Å². The monoisotopic (exact) mass is 287 g/mol. The van der Waals surface area contributed by atoms with Crippen LogP contribution in [0.4, 0.5) is 4.39 Å². The van der Waals surface area contributed by atoms with E-state index in [-0.39, 0.29) is 12.1 Å². The maximum Gasteiger partial charge on any atom is 0.488 e. The van der Waals surface area contributed by atoms with E-state index in [9.17, 15) is 9.18 Å². The van der Waals surface area contributed by atoms with Crippen molar-refractivity contribution in [3.63, 3.8) is 0 Å². The van der Waals surface area contributed by atoms with E-state index in [2.05, 4.69) is 5.32 Å². The summed E-state index contributed by atoms with van der Waals surface area (Å²) in [5.41, 5.74) is 1.90. The Morgan fingerprint density at radius 3 is 2.43 bits per heavy atom. The fourth-order valence-electron chi connectivity index (χ4n) is 1.89. The average molecular weight is 287 g/mol. The van der Waals surface area contributed by atoms with Crippen LogP contribution < -0.4 is 10.8 Å². The maximum absolute atomic E-state index is 13.7. The fourth-order valence-corrected chi connectivity index (χ4v) is 1.89. The van der Waals surface area contributed by atoms with Crippen LogP contribution >= 0.6 is 0 Å². The van der Waals surface area contributed by atoms with Gasteiger partial charge in [0, 0.05) is 6.54 Å². The predicted octanol–water partition coefficient (Wildman–Crippen LogP) is 0.744. The molecule has 2 aromatic carbocycles. The van der Waals surface area contributed by atoms with Crippen molar-refractivity contribution in [2.45, 2.75) is 13.5 Å². The highest BCUT2D eigenvalue weighted by Gasteiger charge is 2.12. The Kier molecular flexibility index (Phi) is 4.72. The molecule has 0 radical (unpaired) electrons. The zero-order valence-corrected chi connectivity index (χ0v) is 11.5. The Labute approximate surface area is 122 Å². The molecule has 21 heavy (non-hydrogen) atoms. The zero-order chi connectivity index (χ0) is 15.4. The van der Waals surface area contributed by atoms with Crippen LogP contribution in [0.15, 0.2) is 42.5 Å². The van der Waals surface area contributed by atoms with E-state index in [0.29, 0.717) is 5.46 Å². The summed E-state index contributed by atoms with van der Waals surface area (Å²) in [6.45, 7) is 1.98. The van der Waals surface area contributed by atoms with Crippen molar-refractivity contribution in [2.24, 2.45) is 0 Å². The van der Waals surface area contributed by atoms with E-state index >= 15 is 0 Å². The molecule has 0 heterocycles. The molecule has 0 aliphatic heterocycles. The predicted molar refractivity (Wildman–Crippen MR) is 78.6 cm³/mol. The first-order chi connectivity index (χ1) is 9.97. The minimum Gasteiger partial charge on any atom is -0.423 e. The summed E-state index contributed by atoms with van der Waals surface area (Å²) < 4.78 is 13.7. The number of halogens is 1. The van der Waals surface area contributed by atoms with Crippen molar-refractivity contribution in [3.05, 3.63) is 65.0 Å². The molecule has 0 aromatic heterocycles. The number of nitrogens with one attached hydrogen (secondary N) is 1. The molecule has 0 bridgehead atoms. The first-order valence-corrected chi connectivity index (χ1v) is 6.46. The quantitative estimate of drug-likeness (QED) is 0.727. The van der Waals surface area contributed by atoms with Gasteiger partial charge in [-0.3, -0.25) is 4.79 Å². The van der Waals surface area contributed by atoms with Crippen LogP contribution in [-0.4, -0.2) is 23.1 Å². The molecule has 0 aliphatic carbocycles. The van der Waals surface area contributed by atoms with Gasteiger partial charge in [-0.15, -0.1) is 0 Å². The smallest absolute Gasteiger partial charge is 0.423 e. The second kappa shape index (κ2) is 6.52. The molecule has 3 N–H and O–H groups in total. The summed E-state index contributed by atoms with van der Waals surface area (Å²) >= 11 is 0. The molecule has 0 aliphatic rings. The molecular weight excluding hydrogens is 272 g/mol. The van der Waals surface area contributed by atoms with Crippen LogP contribution in [0.5, 0.6) is 0 Å². The van der Waals surface area contributed by atoms with Crippen LogP contribution in [0, 0.1) is 12.7 Å². The molecule has 0 spiro atoms.